The molecule has 1 amide bonds. The molecule has 1 aliphatic rings. The zero-order valence-electron chi connectivity index (χ0n) is 12.6. The van der Waals surface area contributed by atoms with Gasteiger partial charge in [-0.25, -0.2) is 4.39 Å². The number of nitrogens with zero attached hydrogens (tertiary/aromatic N) is 1. The summed E-state index contributed by atoms with van der Waals surface area (Å²) in [5.41, 5.74) is 0.516. The molecule has 0 spiro atoms. The Bertz CT molecular complexity index is 461. The van der Waals surface area contributed by atoms with Crippen LogP contribution in [-0.2, 0) is 4.79 Å². The lowest BCUT2D eigenvalue weighted by molar-refractivity contribution is -0.118. The predicted octanol–water partition coefficient (Wildman–Crippen LogP) is 2.23. The van der Waals surface area contributed by atoms with Crippen molar-refractivity contribution in [3.05, 3.63) is 30.1 Å². The van der Waals surface area contributed by atoms with Crippen LogP contribution in [0.3, 0.4) is 0 Å². The van der Waals surface area contributed by atoms with Gasteiger partial charge in [-0.3, -0.25) is 9.69 Å². The molecule has 0 atom stereocenters. The number of benzene rings is 1. The molecule has 0 aliphatic carbocycles. The van der Waals surface area contributed by atoms with E-state index in [9.17, 15) is 9.18 Å². The molecule has 1 aromatic carbocycles. The summed E-state index contributed by atoms with van der Waals surface area (Å²) in [4.78, 5) is 14.4. The van der Waals surface area contributed by atoms with Crippen LogP contribution in [0.2, 0.25) is 0 Å². The molecule has 0 aromatic heterocycles. The van der Waals surface area contributed by atoms with Crippen molar-refractivity contribution in [2.24, 2.45) is 0 Å². The van der Waals surface area contributed by atoms with E-state index in [1.54, 1.807) is 12.1 Å². The molecule has 2 N–H and O–H groups in total. The highest BCUT2D eigenvalue weighted by Gasteiger charge is 2.22. The first-order valence-electron chi connectivity index (χ1n) is 7.69. The highest BCUT2D eigenvalue weighted by atomic mass is 19.1. The van der Waals surface area contributed by atoms with Gasteiger partial charge >= 0.3 is 0 Å². The minimum Gasteiger partial charge on any atom is -0.325 e. The lowest BCUT2D eigenvalue weighted by Gasteiger charge is -2.34. The van der Waals surface area contributed by atoms with Crippen molar-refractivity contribution in [1.29, 1.82) is 0 Å². The van der Waals surface area contributed by atoms with Gasteiger partial charge in [-0.15, -0.1) is 0 Å². The Morgan fingerprint density at radius 3 is 2.86 bits per heavy atom. The predicted molar refractivity (Wildman–Crippen MR) is 82.8 cm³/mol. The topological polar surface area (TPSA) is 44.4 Å². The summed E-state index contributed by atoms with van der Waals surface area (Å²) in [7, 11) is 0. The average Bonchev–Trinajstić information content (AvgIpc) is 2.47. The zero-order chi connectivity index (χ0) is 15.1. The number of halogens is 1. The SMILES string of the molecule is CCCN(CC(=O)Nc1cccc(F)c1)C1CCNCC1. The molecule has 1 heterocycles. The molecule has 116 valence electrons. The number of carbonyl (C=O) groups excluding carboxylic acids is 1. The maximum Gasteiger partial charge on any atom is 0.238 e. The van der Waals surface area contributed by atoms with Crippen molar-refractivity contribution in [2.45, 2.75) is 32.2 Å². The Kier molecular flexibility index (Phi) is 6.14. The fraction of sp³-hybridized carbons (Fsp3) is 0.562. The summed E-state index contributed by atoms with van der Waals surface area (Å²) in [6.45, 7) is 5.43. The van der Waals surface area contributed by atoms with E-state index in [1.165, 1.54) is 12.1 Å². The quantitative estimate of drug-likeness (QED) is 0.845. The third-order valence-corrected chi connectivity index (χ3v) is 3.79. The Labute approximate surface area is 125 Å². The van der Waals surface area contributed by atoms with E-state index in [-0.39, 0.29) is 11.7 Å². The first-order chi connectivity index (χ1) is 10.2. The van der Waals surface area contributed by atoms with Gasteiger partial charge in [-0.2, -0.15) is 0 Å². The van der Waals surface area contributed by atoms with Crippen LogP contribution >= 0.6 is 0 Å². The minimum atomic E-state index is -0.337. The summed E-state index contributed by atoms with van der Waals surface area (Å²) in [6, 6.07) is 6.47. The number of rotatable bonds is 6. The van der Waals surface area contributed by atoms with Gasteiger partial charge in [0.2, 0.25) is 5.91 Å². The molecule has 5 heteroatoms. The number of carbonyl (C=O) groups is 1. The van der Waals surface area contributed by atoms with Gasteiger partial charge in [0.05, 0.1) is 6.54 Å². The number of piperidine rings is 1. The Morgan fingerprint density at radius 2 is 2.19 bits per heavy atom. The second kappa shape index (κ2) is 8.10. The van der Waals surface area contributed by atoms with E-state index in [4.69, 9.17) is 0 Å². The van der Waals surface area contributed by atoms with Gasteiger partial charge in [0.1, 0.15) is 5.82 Å². The van der Waals surface area contributed by atoms with Crippen LogP contribution in [0, 0.1) is 5.82 Å². The van der Waals surface area contributed by atoms with Crippen LogP contribution in [0.1, 0.15) is 26.2 Å². The second-order valence-electron chi connectivity index (χ2n) is 5.51. The number of anilines is 1. The summed E-state index contributed by atoms with van der Waals surface area (Å²) in [6.07, 6.45) is 3.18. The molecular weight excluding hydrogens is 269 g/mol. The molecule has 0 bridgehead atoms. The normalized spacial score (nSPS) is 16.1. The smallest absolute Gasteiger partial charge is 0.238 e. The van der Waals surface area contributed by atoms with E-state index >= 15 is 0 Å². The third kappa shape index (κ3) is 5.10. The summed E-state index contributed by atoms with van der Waals surface area (Å²) < 4.78 is 13.1. The molecule has 1 saturated heterocycles. The van der Waals surface area contributed by atoms with Crippen molar-refractivity contribution in [2.75, 3.05) is 31.5 Å². The molecule has 0 radical (unpaired) electrons. The van der Waals surface area contributed by atoms with E-state index in [2.05, 4.69) is 22.5 Å². The highest BCUT2D eigenvalue weighted by molar-refractivity contribution is 5.92. The summed E-state index contributed by atoms with van der Waals surface area (Å²) >= 11 is 0. The molecular formula is C16H24FN3O. The van der Waals surface area contributed by atoms with Crippen LogP contribution in [0.25, 0.3) is 0 Å². The second-order valence-corrected chi connectivity index (χ2v) is 5.51. The van der Waals surface area contributed by atoms with E-state index in [0.29, 0.717) is 18.3 Å². The van der Waals surface area contributed by atoms with Crippen LogP contribution in [0.5, 0.6) is 0 Å². The monoisotopic (exact) mass is 293 g/mol. The minimum absolute atomic E-state index is 0.0763. The van der Waals surface area contributed by atoms with Crippen LogP contribution in [0.15, 0.2) is 24.3 Å². The molecule has 4 nitrogen and oxygen atoms in total. The molecule has 0 unspecified atom stereocenters. The summed E-state index contributed by atoms with van der Waals surface area (Å²) in [5.74, 6) is -0.413. The Morgan fingerprint density at radius 1 is 1.43 bits per heavy atom. The van der Waals surface area contributed by atoms with Gasteiger partial charge in [-0.05, 0) is 57.1 Å². The lowest BCUT2D eigenvalue weighted by Crippen LogP contribution is -2.46. The first-order valence-corrected chi connectivity index (χ1v) is 7.69. The van der Waals surface area contributed by atoms with Crippen molar-refractivity contribution >= 4 is 11.6 Å². The molecule has 1 aromatic rings. The van der Waals surface area contributed by atoms with Crippen molar-refractivity contribution in [1.82, 2.24) is 10.2 Å². The number of hydrogen-bond acceptors (Lipinski definition) is 3. The van der Waals surface area contributed by atoms with Crippen LogP contribution in [0.4, 0.5) is 10.1 Å². The lowest BCUT2D eigenvalue weighted by atomic mass is 10.0. The van der Waals surface area contributed by atoms with Crippen molar-refractivity contribution < 1.29 is 9.18 Å². The van der Waals surface area contributed by atoms with Crippen molar-refractivity contribution in [3.63, 3.8) is 0 Å². The first kappa shape index (κ1) is 15.9. The van der Waals surface area contributed by atoms with Crippen molar-refractivity contribution in [3.8, 4) is 0 Å². The van der Waals surface area contributed by atoms with Crippen LogP contribution in [-0.4, -0.2) is 43.0 Å². The molecule has 1 aliphatic heterocycles. The number of amides is 1. The maximum atomic E-state index is 13.1. The Balaban J connectivity index is 1.91. The third-order valence-electron chi connectivity index (χ3n) is 3.79. The fourth-order valence-electron chi connectivity index (χ4n) is 2.80. The average molecular weight is 293 g/mol. The van der Waals surface area contributed by atoms with Gasteiger partial charge in [0.25, 0.3) is 0 Å². The summed E-state index contributed by atoms with van der Waals surface area (Å²) in [5, 5.41) is 6.12. The zero-order valence-corrected chi connectivity index (χ0v) is 12.6. The molecule has 0 saturated carbocycles. The highest BCUT2D eigenvalue weighted by Crippen LogP contribution is 2.13. The number of nitrogens with one attached hydrogen (secondary N) is 2. The van der Waals surface area contributed by atoms with Gasteiger partial charge in [-0.1, -0.05) is 13.0 Å². The largest absolute Gasteiger partial charge is 0.325 e. The molecule has 21 heavy (non-hydrogen) atoms. The Hall–Kier alpha value is -1.46. The number of hydrogen-bond donors (Lipinski definition) is 2. The molecule has 2 rings (SSSR count). The maximum absolute atomic E-state index is 13.1. The van der Waals surface area contributed by atoms with Gasteiger partial charge in [0, 0.05) is 11.7 Å². The standard InChI is InChI=1S/C16H24FN3O/c1-2-10-20(15-6-8-18-9-7-15)12-16(21)19-14-5-3-4-13(17)11-14/h3-5,11,15,18H,2,6-10,12H2,1H3,(H,19,21). The van der Waals surface area contributed by atoms with Crippen LogP contribution < -0.4 is 10.6 Å². The van der Waals surface area contributed by atoms with Gasteiger partial charge in [0.15, 0.2) is 0 Å². The van der Waals surface area contributed by atoms with E-state index in [1.807, 2.05) is 0 Å². The fourth-order valence-corrected chi connectivity index (χ4v) is 2.80. The van der Waals surface area contributed by atoms with E-state index in [0.717, 1.165) is 38.9 Å². The van der Waals surface area contributed by atoms with E-state index < -0.39 is 0 Å². The molecule has 1 fully saturated rings. The van der Waals surface area contributed by atoms with Gasteiger partial charge < -0.3 is 10.6 Å².